The number of anilines is 1. The van der Waals surface area contributed by atoms with Crippen LogP contribution in [0, 0.1) is 12.3 Å². The lowest BCUT2D eigenvalue weighted by Gasteiger charge is -2.24. The fraction of sp³-hybridized carbons (Fsp3) is 0.562. The van der Waals surface area contributed by atoms with Crippen molar-refractivity contribution in [3.63, 3.8) is 0 Å². The maximum absolute atomic E-state index is 12.5. The van der Waals surface area contributed by atoms with Crippen LogP contribution in [-0.2, 0) is 14.8 Å². The maximum Gasteiger partial charge on any atom is 0.227 e. The number of benzene rings is 1. The van der Waals surface area contributed by atoms with Crippen LogP contribution >= 0.6 is 0 Å². The largest absolute Gasteiger partial charge is 0.312 e. The summed E-state index contributed by atoms with van der Waals surface area (Å²) in [5, 5.41) is 0. The molecule has 1 spiro atoms. The van der Waals surface area contributed by atoms with Gasteiger partial charge in [0.05, 0.1) is 5.75 Å². The van der Waals surface area contributed by atoms with E-state index in [1.165, 1.54) is 0 Å². The first-order valence-electron chi connectivity index (χ1n) is 7.71. The molecule has 6 heteroatoms. The number of rotatable bonds is 3. The zero-order chi connectivity index (χ0) is 16.0. The standard InChI is InChI=1S/C16H22N2O3S/c1-3-22(20,21)17-9-8-16(11-17)10-15(19)18(12-16)14-7-5-4-6-13(14)2/h4-7H,3,8-12H2,1-2H3/t16-/m1/s1. The summed E-state index contributed by atoms with van der Waals surface area (Å²) in [4.78, 5) is 14.3. The summed E-state index contributed by atoms with van der Waals surface area (Å²) in [6.07, 6.45) is 1.21. The summed E-state index contributed by atoms with van der Waals surface area (Å²) in [6, 6.07) is 7.85. The average Bonchev–Trinajstić information content (AvgIpc) is 3.04. The highest BCUT2D eigenvalue weighted by Crippen LogP contribution is 2.43. The predicted octanol–water partition coefficient (Wildman–Crippen LogP) is 1.77. The van der Waals surface area contributed by atoms with E-state index in [1.54, 1.807) is 11.2 Å². The van der Waals surface area contributed by atoms with Crippen LogP contribution in [0.2, 0.25) is 0 Å². The molecule has 2 saturated heterocycles. The first-order valence-corrected chi connectivity index (χ1v) is 9.32. The SMILES string of the molecule is CCS(=O)(=O)N1CC[C@@]2(CC(=O)N(c3ccccc3C)C2)C1. The molecule has 5 nitrogen and oxygen atoms in total. The van der Waals surface area contributed by atoms with Gasteiger partial charge in [0, 0.05) is 37.2 Å². The first kappa shape index (κ1) is 15.5. The van der Waals surface area contributed by atoms with E-state index in [4.69, 9.17) is 0 Å². The number of carbonyl (C=O) groups is 1. The van der Waals surface area contributed by atoms with Crippen LogP contribution in [0.3, 0.4) is 0 Å². The molecule has 1 atom stereocenters. The van der Waals surface area contributed by atoms with Crippen LogP contribution in [0.25, 0.3) is 0 Å². The maximum atomic E-state index is 12.5. The van der Waals surface area contributed by atoms with Gasteiger partial charge in [0.1, 0.15) is 0 Å². The van der Waals surface area contributed by atoms with Gasteiger partial charge in [0.15, 0.2) is 0 Å². The van der Waals surface area contributed by atoms with Crippen molar-refractivity contribution in [2.24, 2.45) is 5.41 Å². The topological polar surface area (TPSA) is 57.7 Å². The molecular formula is C16H22N2O3S. The van der Waals surface area contributed by atoms with Gasteiger partial charge < -0.3 is 4.90 Å². The Kier molecular flexibility index (Phi) is 3.77. The van der Waals surface area contributed by atoms with E-state index in [-0.39, 0.29) is 17.1 Å². The number of hydrogen-bond acceptors (Lipinski definition) is 3. The highest BCUT2D eigenvalue weighted by Gasteiger charge is 2.50. The number of nitrogens with zero attached hydrogens (tertiary/aromatic N) is 2. The highest BCUT2D eigenvalue weighted by atomic mass is 32.2. The molecular weight excluding hydrogens is 300 g/mol. The molecule has 0 N–H and O–H groups in total. The Morgan fingerprint density at radius 3 is 2.64 bits per heavy atom. The van der Waals surface area contributed by atoms with Crippen molar-refractivity contribution in [2.45, 2.75) is 26.7 Å². The molecule has 2 aliphatic rings. The quantitative estimate of drug-likeness (QED) is 0.852. The minimum Gasteiger partial charge on any atom is -0.312 e. The molecule has 1 aromatic carbocycles. The van der Waals surface area contributed by atoms with E-state index >= 15 is 0 Å². The fourth-order valence-corrected chi connectivity index (χ4v) is 4.77. The van der Waals surface area contributed by atoms with Gasteiger partial charge in [-0.3, -0.25) is 4.79 Å². The lowest BCUT2D eigenvalue weighted by atomic mass is 9.86. The summed E-state index contributed by atoms with van der Waals surface area (Å²) in [7, 11) is -3.17. The van der Waals surface area contributed by atoms with E-state index in [9.17, 15) is 13.2 Å². The average molecular weight is 322 g/mol. The first-order chi connectivity index (χ1) is 10.4. The van der Waals surface area contributed by atoms with Gasteiger partial charge in [-0.1, -0.05) is 18.2 Å². The lowest BCUT2D eigenvalue weighted by molar-refractivity contribution is -0.117. The third kappa shape index (κ3) is 2.54. The van der Waals surface area contributed by atoms with Gasteiger partial charge in [0.25, 0.3) is 0 Å². The van der Waals surface area contributed by atoms with E-state index in [2.05, 4.69) is 0 Å². The lowest BCUT2D eigenvalue weighted by Crippen LogP contribution is -2.35. The zero-order valence-corrected chi connectivity index (χ0v) is 13.9. The Morgan fingerprint density at radius 1 is 1.23 bits per heavy atom. The number of sulfonamides is 1. The van der Waals surface area contributed by atoms with E-state index in [0.29, 0.717) is 26.1 Å². The second-order valence-electron chi connectivity index (χ2n) is 6.43. The molecule has 0 aliphatic carbocycles. The molecule has 2 aliphatic heterocycles. The summed E-state index contributed by atoms with van der Waals surface area (Å²) in [5.41, 5.74) is 1.80. The summed E-state index contributed by atoms with van der Waals surface area (Å²) in [5.74, 6) is 0.225. The van der Waals surface area contributed by atoms with Crippen LogP contribution in [0.15, 0.2) is 24.3 Å². The molecule has 0 bridgehead atoms. The van der Waals surface area contributed by atoms with Crippen LogP contribution in [-0.4, -0.2) is 44.0 Å². The predicted molar refractivity (Wildman–Crippen MR) is 86.2 cm³/mol. The molecule has 3 rings (SSSR count). The molecule has 120 valence electrons. The van der Waals surface area contributed by atoms with Gasteiger partial charge in [-0.15, -0.1) is 0 Å². The van der Waals surface area contributed by atoms with Crippen molar-refractivity contribution in [2.75, 3.05) is 30.3 Å². The highest BCUT2D eigenvalue weighted by molar-refractivity contribution is 7.89. The van der Waals surface area contributed by atoms with Crippen LogP contribution < -0.4 is 4.90 Å². The molecule has 0 unspecified atom stereocenters. The Morgan fingerprint density at radius 2 is 1.95 bits per heavy atom. The molecule has 0 saturated carbocycles. The Bertz CT molecular complexity index is 701. The third-order valence-electron chi connectivity index (χ3n) is 4.89. The van der Waals surface area contributed by atoms with Gasteiger partial charge in [-0.05, 0) is 31.9 Å². The second-order valence-corrected chi connectivity index (χ2v) is 8.68. The van der Waals surface area contributed by atoms with Crippen molar-refractivity contribution in [3.05, 3.63) is 29.8 Å². The second kappa shape index (κ2) is 5.35. The van der Waals surface area contributed by atoms with Crippen molar-refractivity contribution in [1.82, 2.24) is 4.31 Å². The third-order valence-corrected chi connectivity index (χ3v) is 6.72. The normalized spacial score (nSPS) is 26.3. The van der Waals surface area contributed by atoms with Crippen molar-refractivity contribution < 1.29 is 13.2 Å². The van der Waals surface area contributed by atoms with E-state index < -0.39 is 10.0 Å². The van der Waals surface area contributed by atoms with Crippen LogP contribution in [0.4, 0.5) is 5.69 Å². The van der Waals surface area contributed by atoms with Gasteiger partial charge >= 0.3 is 0 Å². The number of amides is 1. The molecule has 22 heavy (non-hydrogen) atoms. The summed E-state index contributed by atoms with van der Waals surface area (Å²) >= 11 is 0. The molecule has 0 aromatic heterocycles. The smallest absolute Gasteiger partial charge is 0.227 e. The number of para-hydroxylation sites is 1. The van der Waals surface area contributed by atoms with Gasteiger partial charge in [-0.2, -0.15) is 0 Å². The Balaban J connectivity index is 1.83. The van der Waals surface area contributed by atoms with E-state index in [0.717, 1.165) is 17.7 Å². The fourth-order valence-electron chi connectivity index (χ4n) is 3.57. The summed E-state index contributed by atoms with van der Waals surface area (Å²) in [6.45, 7) is 5.28. The van der Waals surface area contributed by atoms with Crippen LogP contribution in [0.5, 0.6) is 0 Å². The van der Waals surface area contributed by atoms with Gasteiger partial charge in [0.2, 0.25) is 15.9 Å². The van der Waals surface area contributed by atoms with Crippen molar-refractivity contribution in [1.29, 1.82) is 0 Å². The molecule has 2 heterocycles. The molecule has 0 radical (unpaired) electrons. The molecule has 2 fully saturated rings. The Hall–Kier alpha value is -1.40. The number of hydrogen-bond donors (Lipinski definition) is 0. The minimum absolute atomic E-state index is 0.102. The Labute approximate surface area is 132 Å². The van der Waals surface area contributed by atoms with Crippen molar-refractivity contribution in [3.8, 4) is 0 Å². The monoisotopic (exact) mass is 322 g/mol. The molecule has 1 aromatic rings. The van der Waals surface area contributed by atoms with Gasteiger partial charge in [-0.25, -0.2) is 12.7 Å². The number of aryl methyl sites for hydroxylation is 1. The minimum atomic E-state index is -3.17. The molecule has 1 amide bonds. The van der Waals surface area contributed by atoms with Crippen LogP contribution in [0.1, 0.15) is 25.3 Å². The van der Waals surface area contributed by atoms with E-state index in [1.807, 2.05) is 36.1 Å². The number of carbonyl (C=O) groups excluding carboxylic acids is 1. The van der Waals surface area contributed by atoms with Crippen molar-refractivity contribution >= 4 is 21.6 Å². The summed E-state index contributed by atoms with van der Waals surface area (Å²) < 4.78 is 25.7. The zero-order valence-electron chi connectivity index (χ0n) is 13.1.